The van der Waals surface area contributed by atoms with E-state index in [1.54, 1.807) is 11.3 Å². The Labute approximate surface area is 119 Å². The molecule has 1 aromatic heterocycles. The van der Waals surface area contributed by atoms with Gasteiger partial charge in [-0.1, -0.05) is 0 Å². The Morgan fingerprint density at radius 2 is 1.89 bits per heavy atom. The highest BCUT2D eigenvalue weighted by atomic mass is 32.1. The molecule has 0 amide bonds. The van der Waals surface area contributed by atoms with E-state index in [1.165, 1.54) is 4.88 Å². The van der Waals surface area contributed by atoms with Crippen molar-refractivity contribution in [1.82, 2.24) is 10.3 Å². The summed E-state index contributed by atoms with van der Waals surface area (Å²) in [5.74, 6) is -0.224. The zero-order valence-electron chi connectivity index (χ0n) is 12.8. The smallest absolute Gasteiger partial charge is 0.323 e. The van der Waals surface area contributed by atoms with Gasteiger partial charge in [0.05, 0.1) is 10.7 Å². The van der Waals surface area contributed by atoms with Crippen LogP contribution in [-0.4, -0.2) is 22.6 Å². The van der Waals surface area contributed by atoms with Gasteiger partial charge in [-0.05, 0) is 48.5 Å². The normalized spacial score (nSPS) is 15.1. The first-order chi connectivity index (χ1) is 8.60. The number of aromatic nitrogens is 1. The molecule has 0 aliphatic heterocycles. The summed E-state index contributed by atoms with van der Waals surface area (Å²) in [5.41, 5.74) is 0.576. The number of nitrogens with one attached hydrogen (secondary N) is 1. The van der Waals surface area contributed by atoms with Crippen LogP contribution in [0.15, 0.2) is 0 Å². The fraction of sp³-hybridized carbons (Fsp3) is 0.714. The first kappa shape index (κ1) is 16.1. The number of hydrogen-bond acceptors (Lipinski definition) is 5. The van der Waals surface area contributed by atoms with Gasteiger partial charge in [0.15, 0.2) is 0 Å². The van der Waals surface area contributed by atoms with E-state index in [0.29, 0.717) is 0 Å². The van der Waals surface area contributed by atoms with Crippen molar-refractivity contribution in [2.45, 2.75) is 66.2 Å². The van der Waals surface area contributed by atoms with Crippen LogP contribution in [0.2, 0.25) is 0 Å². The van der Waals surface area contributed by atoms with E-state index in [2.05, 4.69) is 10.3 Å². The number of esters is 1. The lowest BCUT2D eigenvalue weighted by Gasteiger charge is -2.24. The molecule has 1 heterocycles. The number of rotatable bonds is 4. The van der Waals surface area contributed by atoms with Gasteiger partial charge in [-0.15, -0.1) is 11.3 Å². The third-order valence-corrected chi connectivity index (χ3v) is 3.85. The van der Waals surface area contributed by atoms with Gasteiger partial charge in [0.1, 0.15) is 11.6 Å². The Hall–Kier alpha value is -0.940. The van der Waals surface area contributed by atoms with Crippen molar-refractivity contribution in [2.24, 2.45) is 0 Å². The van der Waals surface area contributed by atoms with Gasteiger partial charge < -0.3 is 4.74 Å². The molecule has 1 rings (SSSR count). The summed E-state index contributed by atoms with van der Waals surface area (Å²) >= 11 is 1.66. The van der Waals surface area contributed by atoms with Gasteiger partial charge in [0, 0.05) is 10.9 Å². The highest BCUT2D eigenvalue weighted by Gasteiger charge is 2.24. The average Bonchev–Trinajstić information content (AvgIpc) is 2.55. The van der Waals surface area contributed by atoms with Crippen molar-refractivity contribution in [1.29, 1.82) is 0 Å². The van der Waals surface area contributed by atoms with Crippen molar-refractivity contribution in [3.05, 3.63) is 15.6 Å². The molecule has 0 aliphatic carbocycles. The number of hydrogen-bond donors (Lipinski definition) is 1. The first-order valence-corrected chi connectivity index (χ1v) is 7.34. The highest BCUT2D eigenvalue weighted by molar-refractivity contribution is 7.11. The maximum absolute atomic E-state index is 11.9. The number of nitrogens with zero attached hydrogens (tertiary/aromatic N) is 1. The predicted octanol–water partition coefficient (Wildman–Crippen LogP) is 3.14. The molecule has 2 unspecified atom stereocenters. The molecule has 0 aliphatic rings. The van der Waals surface area contributed by atoms with Crippen molar-refractivity contribution in [3.63, 3.8) is 0 Å². The lowest BCUT2D eigenvalue weighted by atomic mass is 10.2. The number of aryl methyl sites for hydroxylation is 2. The number of thiazole rings is 1. The fourth-order valence-corrected chi connectivity index (χ4v) is 2.80. The van der Waals surface area contributed by atoms with E-state index in [4.69, 9.17) is 4.74 Å². The maximum atomic E-state index is 11.9. The molecular weight excluding hydrogens is 260 g/mol. The predicted molar refractivity (Wildman–Crippen MR) is 78.4 cm³/mol. The van der Waals surface area contributed by atoms with Gasteiger partial charge in [-0.2, -0.15) is 0 Å². The summed E-state index contributed by atoms with van der Waals surface area (Å²) in [4.78, 5) is 17.5. The Kier molecular flexibility index (Phi) is 5.10. The van der Waals surface area contributed by atoms with Crippen LogP contribution in [-0.2, 0) is 9.53 Å². The molecule has 4 nitrogen and oxygen atoms in total. The molecule has 0 saturated heterocycles. The molecule has 0 fully saturated rings. The monoisotopic (exact) mass is 284 g/mol. The van der Waals surface area contributed by atoms with Crippen molar-refractivity contribution < 1.29 is 9.53 Å². The Morgan fingerprint density at radius 1 is 1.32 bits per heavy atom. The van der Waals surface area contributed by atoms with E-state index < -0.39 is 5.60 Å². The van der Waals surface area contributed by atoms with Crippen LogP contribution in [0, 0.1) is 13.8 Å². The van der Waals surface area contributed by atoms with E-state index in [9.17, 15) is 4.79 Å². The summed E-state index contributed by atoms with van der Waals surface area (Å²) in [6.45, 7) is 13.5. The van der Waals surface area contributed by atoms with Crippen LogP contribution in [0.4, 0.5) is 0 Å². The SMILES string of the molecule is Cc1nc(C)c(C(C)NC(C)C(=O)OC(C)(C)C)s1. The van der Waals surface area contributed by atoms with Crippen LogP contribution in [0.5, 0.6) is 0 Å². The summed E-state index contributed by atoms with van der Waals surface area (Å²) in [6.07, 6.45) is 0. The quantitative estimate of drug-likeness (QED) is 0.863. The molecule has 19 heavy (non-hydrogen) atoms. The lowest BCUT2D eigenvalue weighted by molar-refractivity contribution is -0.157. The van der Waals surface area contributed by atoms with Gasteiger partial charge in [0.25, 0.3) is 0 Å². The summed E-state index contributed by atoms with van der Waals surface area (Å²) in [5, 5.41) is 4.32. The van der Waals surface area contributed by atoms with Crippen LogP contribution >= 0.6 is 11.3 Å². The summed E-state index contributed by atoms with van der Waals surface area (Å²) in [6, 6.07) is -0.246. The van der Waals surface area contributed by atoms with Crippen molar-refractivity contribution in [3.8, 4) is 0 Å². The van der Waals surface area contributed by atoms with E-state index in [-0.39, 0.29) is 18.1 Å². The minimum absolute atomic E-state index is 0.0914. The molecule has 1 aromatic rings. The standard InChI is InChI=1S/C14H24N2O2S/c1-8(12-9(2)16-11(4)19-12)15-10(3)13(17)18-14(5,6)7/h8,10,15H,1-7H3. The number of carbonyl (C=O) groups excluding carboxylic acids is 1. The molecule has 2 atom stereocenters. The van der Waals surface area contributed by atoms with E-state index in [0.717, 1.165) is 10.7 Å². The Balaban J connectivity index is 2.64. The van der Waals surface area contributed by atoms with Crippen LogP contribution in [0.1, 0.15) is 56.2 Å². The molecule has 5 heteroatoms. The minimum atomic E-state index is -0.451. The van der Waals surface area contributed by atoms with Crippen LogP contribution < -0.4 is 5.32 Å². The molecule has 0 radical (unpaired) electrons. The average molecular weight is 284 g/mol. The van der Waals surface area contributed by atoms with Gasteiger partial charge in [-0.25, -0.2) is 4.98 Å². The fourth-order valence-electron chi connectivity index (χ4n) is 1.86. The van der Waals surface area contributed by atoms with E-state index in [1.807, 2.05) is 48.5 Å². The second kappa shape index (κ2) is 6.01. The second-order valence-corrected chi connectivity index (χ2v) is 7.06. The van der Waals surface area contributed by atoms with E-state index >= 15 is 0 Å². The zero-order valence-corrected chi connectivity index (χ0v) is 13.6. The maximum Gasteiger partial charge on any atom is 0.323 e. The third kappa shape index (κ3) is 4.91. The topological polar surface area (TPSA) is 51.2 Å². The lowest BCUT2D eigenvalue weighted by Crippen LogP contribution is -2.40. The first-order valence-electron chi connectivity index (χ1n) is 6.53. The Morgan fingerprint density at radius 3 is 2.32 bits per heavy atom. The number of carbonyl (C=O) groups is 1. The summed E-state index contributed by atoms with van der Waals surface area (Å²) in [7, 11) is 0. The highest BCUT2D eigenvalue weighted by Crippen LogP contribution is 2.24. The molecule has 108 valence electrons. The summed E-state index contributed by atoms with van der Waals surface area (Å²) < 4.78 is 5.36. The van der Waals surface area contributed by atoms with Crippen LogP contribution in [0.25, 0.3) is 0 Å². The van der Waals surface area contributed by atoms with Gasteiger partial charge >= 0.3 is 5.97 Å². The molecule has 0 saturated carbocycles. The Bertz CT molecular complexity index is 449. The number of ether oxygens (including phenoxy) is 1. The molecule has 1 N–H and O–H groups in total. The zero-order chi connectivity index (χ0) is 14.8. The molecule has 0 spiro atoms. The second-order valence-electron chi connectivity index (χ2n) is 5.83. The van der Waals surface area contributed by atoms with Crippen molar-refractivity contribution >= 4 is 17.3 Å². The molecule has 0 aromatic carbocycles. The molecular formula is C14H24N2O2S. The minimum Gasteiger partial charge on any atom is -0.459 e. The van der Waals surface area contributed by atoms with Crippen molar-refractivity contribution in [2.75, 3.05) is 0 Å². The van der Waals surface area contributed by atoms with Gasteiger partial charge in [-0.3, -0.25) is 10.1 Å². The largest absolute Gasteiger partial charge is 0.459 e. The molecule has 0 bridgehead atoms. The third-order valence-electron chi connectivity index (χ3n) is 2.59. The van der Waals surface area contributed by atoms with Crippen LogP contribution in [0.3, 0.4) is 0 Å². The van der Waals surface area contributed by atoms with Gasteiger partial charge in [0.2, 0.25) is 0 Å².